The van der Waals surface area contributed by atoms with Gasteiger partial charge in [-0.3, -0.25) is 20.2 Å². The van der Waals surface area contributed by atoms with Crippen molar-refractivity contribution in [2.75, 3.05) is 7.11 Å². The Bertz CT molecular complexity index is 820. The predicted octanol–water partition coefficient (Wildman–Crippen LogP) is 1.76. The fraction of sp³-hybridized carbons (Fsp3) is 0.0625. The third kappa shape index (κ3) is 2.44. The maximum atomic E-state index is 12.0. The summed E-state index contributed by atoms with van der Waals surface area (Å²) < 4.78 is 5.35. The molecule has 2 amide bonds. The van der Waals surface area contributed by atoms with E-state index in [0.717, 1.165) is 10.8 Å². The Morgan fingerprint density at radius 1 is 1.05 bits per heavy atom. The molecule has 6 heteroatoms. The summed E-state index contributed by atoms with van der Waals surface area (Å²) in [5, 5.41) is 6.73. The molecule has 0 unspecified atom stereocenters. The molecule has 2 aromatic rings. The van der Waals surface area contributed by atoms with E-state index in [1.807, 2.05) is 30.3 Å². The molecule has 2 N–H and O–H groups in total. The molecule has 5 nitrogen and oxygen atoms in total. The molecule has 0 aliphatic carbocycles. The number of hydrogen-bond donors (Lipinski definition) is 2. The van der Waals surface area contributed by atoms with Crippen molar-refractivity contribution in [3.8, 4) is 5.75 Å². The SMILES string of the molecule is COc1ccc2ccccc2c1C=C1C(=O)NC(=S)NC1=O. The van der Waals surface area contributed by atoms with Crippen LogP contribution in [0.25, 0.3) is 16.8 Å². The molecule has 110 valence electrons. The van der Waals surface area contributed by atoms with Gasteiger partial charge in [0.1, 0.15) is 11.3 Å². The number of amides is 2. The van der Waals surface area contributed by atoms with Crippen LogP contribution < -0.4 is 15.4 Å². The van der Waals surface area contributed by atoms with Crippen LogP contribution in [0.3, 0.4) is 0 Å². The van der Waals surface area contributed by atoms with E-state index < -0.39 is 11.8 Å². The smallest absolute Gasteiger partial charge is 0.263 e. The molecule has 2 aromatic carbocycles. The number of ether oxygens (including phenoxy) is 1. The van der Waals surface area contributed by atoms with E-state index in [-0.39, 0.29) is 10.7 Å². The van der Waals surface area contributed by atoms with Crippen molar-refractivity contribution in [2.45, 2.75) is 0 Å². The average molecular weight is 312 g/mol. The van der Waals surface area contributed by atoms with E-state index in [4.69, 9.17) is 17.0 Å². The van der Waals surface area contributed by atoms with Crippen molar-refractivity contribution in [2.24, 2.45) is 0 Å². The summed E-state index contributed by atoms with van der Waals surface area (Å²) in [5.41, 5.74) is 0.664. The summed E-state index contributed by atoms with van der Waals surface area (Å²) in [5.74, 6) is -0.465. The molecular weight excluding hydrogens is 300 g/mol. The lowest BCUT2D eigenvalue weighted by molar-refractivity contribution is -0.123. The lowest BCUT2D eigenvalue weighted by Gasteiger charge is -2.17. The number of fused-ring (bicyclic) bond motifs is 1. The van der Waals surface area contributed by atoms with Gasteiger partial charge >= 0.3 is 0 Å². The van der Waals surface area contributed by atoms with Crippen LogP contribution in [0.15, 0.2) is 42.0 Å². The summed E-state index contributed by atoms with van der Waals surface area (Å²) in [4.78, 5) is 24.0. The normalized spacial score (nSPS) is 14.6. The topological polar surface area (TPSA) is 67.4 Å². The van der Waals surface area contributed by atoms with Crippen molar-refractivity contribution < 1.29 is 14.3 Å². The zero-order valence-electron chi connectivity index (χ0n) is 11.7. The standard InChI is InChI=1S/C16H12N2O3S/c1-21-13-7-6-9-4-2-3-5-10(9)11(13)8-12-14(19)17-16(22)18-15(12)20/h2-8H,1H3,(H2,17,18,19,20,22). The minimum Gasteiger partial charge on any atom is -0.496 e. The molecule has 1 saturated heterocycles. The monoisotopic (exact) mass is 312 g/mol. The van der Waals surface area contributed by atoms with Gasteiger partial charge in [0.2, 0.25) is 0 Å². The lowest BCUT2D eigenvalue weighted by Crippen LogP contribution is -2.51. The Hall–Kier alpha value is -2.73. The van der Waals surface area contributed by atoms with Gasteiger partial charge in [0.25, 0.3) is 11.8 Å². The number of carbonyl (C=O) groups excluding carboxylic acids is 2. The predicted molar refractivity (Wildman–Crippen MR) is 87.4 cm³/mol. The van der Waals surface area contributed by atoms with Gasteiger partial charge in [-0.25, -0.2) is 0 Å². The molecule has 0 radical (unpaired) electrons. The van der Waals surface area contributed by atoms with Gasteiger partial charge in [-0.15, -0.1) is 0 Å². The van der Waals surface area contributed by atoms with E-state index in [9.17, 15) is 9.59 Å². The maximum Gasteiger partial charge on any atom is 0.263 e. The van der Waals surface area contributed by atoms with E-state index in [1.54, 1.807) is 13.2 Å². The molecule has 0 spiro atoms. The Kier molecular flexibility index (Phi) is 3.60. The van der Waals surface area contributed by atoms with Gasteiger partial charge in [0.05, 0.1) is 7.11 Å². The van der Waals surface area contributed by atoms with Crippen LogP contribution in [-0.4, -0.2) is 24.0 Å². The summed E-state index contributed by atoms with van der Waals surface area (Å²) >= 11 is 4.79. The first-order chi connectivity index (χ1) is 10.6. The zero-order chi connectivity index (χ0) is 15.7. The van der Waals surface area contributed by atoms with Gasteiger partial charge < -0.3 is 4.74 Å². The second-order valence-corrected chi connectivity index (χ2v) is 5.11. The van der Waals surface area contributed by atoms with Crippen LogP contribution in [0.4, 0.5) is 0 Å². The quantitative estimate of drug-likeness (QED) is 0.504. The van der Waals surface area contributed by atoms with Crippen LogP contribution in [0.5, 0.6) is 5.75 Å². The van der Waals surface area contributed by atoms with Crippen LogP contribution in [0, 0.1) is 0 Å². The number of benzene rings is 2. The highest BCUT2D eigenvalue weighted by Gasteiger charge is 2.26. The van der Waals surface area contributed by atoms with Crippen molar-refractivity contribution >= 4 is 46.0 Å². The van der Waals surface area contributed by atoms with Gasteiger partial charge in [0.15, 0.2) is 5.11 Å². The highest BCUT2D eigenvalue weighted by molar-refractivity contribution is 7.80. The van der Waals surface area contributed by atoms with Gasteiger partial charge in [-0.1, -0.05) is 30.3 Å². The Morgan fingerprint density at radius 3 is 2.41 bits per heavy atom. The van der Waals surface area contributed by atoms with Gasteiger partial charge in [-0.2, -0.15) is 0 Å². The van der Waals surface area contributed by atoms with Crippen molar-refractivity contribution in [1.29, 1.82) is 0 Å². The first-order valence-electron chi connectivity index (χ1n) is 6.54. The molecule has 1 aliphatic heterocycles. The van der Waals surface area contributed by atoms with Crippen LogP contribution in [0.1, 0.15) is 5.56 Å². The fourth-order valence-corrected chi connectivity index (χ4v) is 2.54. The summed E-state index contributed by atoms with van der Waals surface area (Å²) in [6.07, 6.45) is 1.52. The molecule has 3 rings (SSSR count). The molecule has 0 aromatic heterocycles. The minimum atomic E-state index is -0.524. The molecular formula is C16H12N2O3S. The third-order valence-electron chi connectivity index (χ3n) is 3.38. The molecule has 1 fully saturated rings. The molecule has 0 atom stereocenters. The van der Waals surface area contributed by atoms with Crippen molar-refractivity contribution in [1.82, 2.24) is 10.6 Å². The van der Waals surface area contributed by atoms with Crippen LogP contribution >= 0.6 is 12.2 Å². The largest absolute Gasteiger partial charge is 0.496 e. The summed E-state index contributed by atoms with van der Waals surface area (Å²) in [7, 11) is 1.54. The van der Waals surface area contributed by atoms with Crippen molar-refractivity contribution in [3.05, 3.63) is 47.5 Å². The lowest BCUT2D eigenvalue weighted by atomic mass is 10.0. The van der Waals surface area contributed by atoms with Crippen molar-refractivity contribution in [3.63, 3.8) is 0 Å². The molecule has 0 saturated carbocycles. The maximum absolute atomic E-state index is 12.0. The zero-order valence-corrected chi connectivity index (χ0v) is 12.5. The van der Waals surface area contributed by atoms with Gasteiger partial charge in [-0.05, 0) is 35.1 Å². The summed E-state index contributed by atoms with van der Waals surface area (Å²) in [6.45, 7) is 0. The molecule has 0 bridgehead atoms. The van der Waals surface area contributed by atoms with E-state index in [1.165, 1.54) is 6.08 Å². The second-order valence-electron chi connectivity index (χ2n) is 4.70. The Morgan fingerprint density at radius 2 is 1.73 bits per heavy atom. The number of rotatable bonds is 2. The van der Waals surface area contributed by atoms with Crippen LogP contribution in [0.2, 0.25) is 0 Å². The Balaban J connectivity index is 2.21. The minimum absolute atomic E-state index is 0.0109. The number of nitrogens with one attached hydrogen (secondary N) is 2. The molecule has 1 heterocycles. The highest BCUT2D eigenvalue weighted by atomic mass is 32.1. The first kappa shape index (κ1) is 14.2. The Labute approximate surface area is 132 Å². The number of hydrogen-bond acceptors (Lipinski definition) is 4. The van der Waals surface area contributed by atoms with E-state index in [2.05, 4.69) is 10.6 Å². The number of methoxy groups -OCH3 is 1. The molecule has 22 heavy (non-hydrogen) atoms. The summed E-state index contributed by atoms with van der Waals surface area (Å²) in [6, 6.07) is 11.4. The molecule has 1 aliphatic rings. The third-order valence-corrected chi connectivity index (χ3v) is 3.59. The number of carbonyl (C=O) groups is 2. The van der Waals surface area contributed by atoms with Crippen LogP contribution in [-0.2, 0) is 9.59 Å². The first-order valence-corrected chi connectivity index (χ1v) is 6.95. The average Bonchev–Trinajstić information content (AvgIpc) is 2.50. The van der Waals surface area contributed by atoms with Gasteiger partial charge in [0, 0.05) is 5.56 Å². The highest BCUT2D eigenvalue weighted by Crippen LogP contribution is 2.30. The second kappa shape index (κ2) is 5.57. The number of thiocarbonyl (C=S) groups is 1. The fourth-order valence-electron chi connectivity index (χ4n) is 2.35. The van der Waals surface area contributed by atoms with E-state index >= 15 is 0 Å². The van der Waals surface area contributed by atoms with E-state index in [0.29, 0.717) is 11.3 Å².